The maximum absolute atomic E-state index is 5.33. The Labute approximate surface area is 130 Å². The molecule has 0 aliphatic rings. The van der Waals surface area contributed by atoms with Gasteiger partial charge in [-0.1, -0.05) is 17.3 Å². The predicted molar refractivity (Wildman–Crippen MR) is 87.4 cm³/mol. The minimum absolute atomic E-state index is 0.529. The summed E-state index contributed by atoms with van der Waals surface area (Å²) in [4.78, 5) is 4.44. The zero-order valence-electron chi connectivity index (χ0n) is 10.8. The van der Waals surface area contributed by atoms with E-state index in [0.717, 1.165) is 16.8 Å². The lowest BCUT2D eigenvalue weighted by Gasteiger charge is -1.99. The smallest absolute Gasteiger partial charge is 0.258 e. The zero-order valence-corrected chi connectivity index (χ0v) is 13.0. The molecule has 1 heterocycles. The molecule has 0 spiro atoms. The molecular formula is C15H12IN3O. The summed E-state index contributed by atoms with van der Waals surface area (Å²) >= 11 is 2.27. The van der Waals surface area contributed by atoms with Crippen LogP contribution < -0.4 is 5.32 Å². The summed E-state index contributed by atoms with van der Waals surface area (Å²) in [6.07, 6.45) is 0. The molecule has 100 valence electrons. The lowest BCUT2D eigenvalue weighted by Crippen LogP contribution is -1.87. The van der Waals surface area contributed by atoms with Crippen LogP contribution in [0.5, 0.6) is 0 Å². The van der Waals surface area contributed by atoms with Gasteiger partial charge in [-0.05, 0) is 59.0 Å². The van der Waals surface area contributed by atoms with Gasteiger partial charge in [-0.3, -0.25) is 0 Å². The largest absolute Gasteiger partial charge is 0.388 e. The number of benzene rings is 2. The van der Waals surface area contributed by atoms with Gasteiger partial charge in [-0.15, -0.1) is 0 Å². The molecule has 0 aliphatic carbocycles. The van der Waals surface area contributed by atoms with E-state index in [9.17, 15) is 0 Å². The first kappa shape index (κ1) is 13.1. The maximum atomic E-state index is 5.33. The Kier molecular flexibility index (Phi) is 3.68. The quantitative estimate of drug-likeness (QED) is 0.702. The van der Waals surface area contributed by atoms with Crippen molar-refractivity contribution in [2.45, 2.75) is 0 Å². The number of aromatic nitrogens is 2. The van der Waals surface area contributed by atoms with E-state index < -0.39 is 0 Å². The molecule has 0 fully saturated rings. The molecule has 0 radical (unpaired) electrons. The van der Waals surface area contributed by atoms with E-state index in [4.69, 9.17) is 4.52 Å². The van der Waals surface area contributed by atoms with Gasteiger partial charge in [0, 0.05) is 27.4 Å². The fourth-order valence-electron chi connectivity index (χ4n) is 1.84. The topological polar surface area (TPSA) is 51.0 Å². The van der Waals surface area contributed by atoms with Crippen LogP contribution in [0.15, 0.2) is 53.1 Å². The Morgan fingerprint density at radius 2 is 1.60 bits per heavy atom. The van der Waals surface area contributed by atoms with Crippen molar-refractivity contribution in [3.05, 3.63) is 52.1 Å². The summed E-state index contributed by atoms with van der Waals surface area (Å²) in [5.41, 5.74) is 2.91. The average Bonchev–Trinajstić information content (AvgIpc) is 2.98. The zero-order chi connectivity index (χ0) is 13.9. The molecule has 20 heavy (non-hydrogen) atoms. The van der Waals surface area contributed by atoms with Crippen LogP contribution >= 0.6 is 22.6 Å². The van der Waals surface area contributed by atoms with E-state index in [1.807, 2.05) is 55.6 Å². The number of rotatable bonds is 3. The molecule has 1 aromatic heterocycles. The van der Waals surface area contributed by atoms with Crippen LogP contribution in [0.4, 0.5) is 5.69 Å². The van der Waals surface area contributed by atoms with Crippen LogP contribution in [0.3, 0.4) is 0 Å². The van der Waals surface area contributed by atoms with Gasteiger partial charge in [-0.25, -0.2) is 0 Å². The van der Waals surface area contributed by atoms with Crippen molar-refractivity contribution in [3.63, 3.8) is 0 Å². The van der Waals surface area contributed by atoms with Crippen molar-refractivity contribution in [2.75, 3.05) is 12.4 Å². The van der Waals surface area contributed by atoms with Crippen molar-refractivity contribution in [2.24, 2.45) is 0 Å². The van der Waals surface area contributed by atoms with Crippen LogP contribution in [0.2, 0.25) is 0 Å². The van der Waals surface area contributed by atoms with Gasteiger partial charge in [0.2, 0.25) is 5.82 Å². The number of hydrogen-bond acceptors (Lipinski definition) is 4. The van der Waals surface area contributed by atoms with E-state index in [1.54, 1.807) is 0 Å². The van der Waals surface area contributed by atoms with Crippen LogP contribution in [-0.4, -0.2) is 17.2 Å². The number of nitrogens with zero attached hydrogens (tertiary/aromatic N) is 2. The monoisotopic (exact) mass is 375 g/mol. The molecule has 0 atom stereocenters. The third kappa shape index (κ3) is 2.67. The molecule has 4 nitrogen and oxygen atoms in total. The first-order valence-corrected chi connectivity index (χ1v) is 7.22. The fraction of sp³-hybridized carbons (Fsp3) is 0.0667. The molecule has 0 saturated heterocycles. The first-order chi connectivity index (χ1) is 9.76. The van der Waals surface area contributed by atoms with Crippen molar-refractivity contribution >= 4 is 28.3 Å². The highest BCUT2D eigenvalue weighted by atomic mass is 125. The summed E-state index contributed by atoms with van der Waals surface area (Å²) in [6, 6.07) is 15.9. The Hall–Kier alpha value is -1.89. The van der Waals surface area contributed by atoms with Crippen LogP contribution in [0.1, 0.15) is 0 Å². The summed E-state index contributed by atoms with van der Waals surface area (Å²) in [5.74, 6) is 1.13. The molecular weight excluding hydrogens is 363 g/mol. The third-order valence-corrected chi connectivity index (χ3v) is 3.67. The molecule has 5 heteroatoms. The molecule has 0 aliphatic heterocycles. The third-order valence-electron chi connectivity index (χ3n) is 2.95. The number of anilines is 1. The van der Waals surface area contributed by atoms with Crippen LogP contribution in [0.25, 0.3) is 22.8 Å². The second-order valence-corrected chi connectivity index (χ2v) is 5.50. The van der Waals surface area contributed by atoms with Gasteiger partial charge in [0.1, 0.15) is 0 Å². The van der Waals surface area contributed by atoms with Gasteiger partial charge in [0.15, 0.2) is 0 Å². The van der Waals surface area contributed by atoms with Crippen LogP contribution in [0, 0.1) is 3.57 Å². The highest BCUT2D eigenvalue weighted by Crippen LogP contribution is 2.23. The molecule has 0 unspecified atom stereocenters. The van der Waals surface area contributed by atoms with E-state index in [0.29, 0.717) is 11.7 Å². The first-order valence-electron chi connectivity index (χ1n) is 6.14. The van der Waals surface area contributed by atoms with E-state index >= 15 is 0 Å². The van der Waals surface area contributed by atoms with E-state index in [-0.39, 0.29) is 0 Å². The summed E-state index contributed by atoms with van der Waals surface area (Å²) in [5, 5.41) is 7.11. The summed E-state index contributed by atoms with van der Waals surface area (Å²) in [6.45, 7) is 0. The minimum Gasteiger partial charge on any atom is -0.388 e. The van der Waals surface area contributed by atoms with Crippen molar-refractivity contribution in [3.8, 4) is 22.8 Å². The maximum Gasteiger partial charge on any atom is 0.258 e. The Morgan fingerprint density at radius 3 is 2.25 bits per heavy atom. The van der Waals surface area contributed by atoms with Gasteiger partial charge in [0.25, 0.3) is 5.89 Å². The molecule has 3 rings (SSSR count). The molecule has 0 saturated carbocycles. The molecule has 2 aromatic carbocycles. The SMILES string of the molecule is CNc1ccc(-c2nc(-c3ccc([125I])cc3)no2)cc1. The normalized spacial score (nSPS) is 10.5. The molecule has 1 N–H and O–H groups in total. The Morgan fingerprint density at radius 1 is 0.950 bits per heavy atom. The van der Waals surface area contributed by atoms with Gasteiger partial charge < -0.3 is 9.84 Å². The lowest BCUT2D eigenvalue weighted by molar-refractivity contribution is 0.432. The minimum atomic E-state index is 0.529. The van der Waals surface area contributed by atoms with Crippen molar-refractivity contribution < 1.29 is 4.52 Å². The number of hydrogen-bond donors (Lipinski definition) is 1. The van der Waals surface area contributed by atoms with E-state index in [1.165, 1.54) is 3.57 Å². The molecule has 0 amide bonds. The molecule has 0 bridgehead atoms. The van der Waals surface area contributed by atoms with Crippen molar-refractivity contribution in [1.29, 1.82) is 0 Å². The highest BCUT2D eigenvalue weighted by Gasteiger charge is 2.10. The Bertz CT molecular complexity index is 705. The Balaban J connectivity index is 1.91. The van der Waals surface area contributed by atoms with Gasteiger partial charge in [0.05, 0.1) is 0 Å². The standard InChI is InChI=1S/C15H12IN3O/c1-17-13-8-4-11(5-9-13)15-18-14(19-20-15)10-2-6-12(16)7-3-10/h2-9,17H,1H3/i16-2. The number of nitrogens with one attached hydrogen (secondary N) is 1. The van der Waals surface area contributed by atoms with Crippen LogP contribution in [-0.2, 0) is 0 Å². The summed E-state index contributed by atoms with van der Waals surface area (Å²) in [7, 11) is 1.89. The highest BCUT2D eigenvalue weighted by molar-refractivity contribution is 14.1. The lowest BCUT2D eigenvalue weighted by atomic mass is 10.2. The molecule has 3 aromatic rings. The number of halogens is 1. The van der Waals surface area contributed by atoms with Gasteiger partial charge in [-0.2, -0.15) is 4.98 Å². The fourth-order valence-corrected chi connectivity index (χ4v) is 2.20. The summed E-state index contributed by atoms with van der Waals surface area (Å²) < 4.78 is 6.50. The van der Waals surface area contributed by atoms with E-state index in [2.05, 4.69) is 38.0 Å². The van der Waals surface area contributed by atoms with Gasteiger partial charge >= 0.3 is 0 Å². The average molecular weight is 375 g/mol. The second-order valence-electron chi connectivity index (χ2n) is 4.26. The predicted octanol–water partition coefficient (Wildman–Crippen LogP) is 4.05. The van der Waals surface area contributed by atoms with Crippen molar-refractivity contribution in [1.82, 2.24) is 10.1 Å². The second kappa shape index (κ2) is 5.62.